The van der Waals surface area contributed by atoms with E-state index in [0.29, 0.717) is 29.4 Å². The van der Waals surface area contributed by atoms with Gasteiger partial charge in [0.15, 0.2) is 5.69 Å². The molecule has 2 aromatic carbocycles. The van der Waals surface area contributed by atoms with Gasteiger partial charge in [0, 0.05) is 31.4 Å². The molecule has 27 heavy (non-hydrogen) atoms. The monoisotopic (exact) mass is 369 g/mol. The number of nitrogens with zero attached hydrogens (tertiary/aromatic N) is 3. The number of rotatable bonds is 6. The Bertz CT molecular complexity index is 938. The van der Waals surface area contributed by atoms with Gasteiger partial charge in [0.1, 0.15) is 17.3 Å². The molecule has 0 aliphatic rings. The van der Waals surface area contributed by atoms with E-state index in [2.05, 4.69) is 5.10 Å². The number of halogens is 1. The molecular formula is C20H20FN3O3. The number of carbonyl (C=O) groups excluding carboxylic acids is 1. The van der Waals surface area contributed by atoms with Crippen LogP contribution in [-0.4, -0.2) is 41.9 Å². The van der Waals surface area contributed by atoms with Gasteiger partial charge in [-0.2, -0.15) is 5.10 Å². The second-order valence-corrected chi connectivity index (χ2v) is 5.96. The molecule has 0 atom stereocenters. The van der Waals surface area contributed by atoms with Crippen LogP contribution in [0, 0.1) is 5.82 Å². The van der Waals surface area contributed by atoms with Gasteiger partial charge in [-0.05, 0) is 42.5 Å². The zero-order valence-electron chi connectivity index (χ0n) is 15.3. The highest BCUT2D eigenvalue weighted by Gasteiger charge is 2.17. The van der Waals surface area contributed by atoms with Crippen molar-refractivity contribution in [1.82, 2.24) is 14.7 Å². The molecule has 0 saturated heterocycles. The number of hydrogen-bond donors (Lipinski definition) is 0. The molecular weight excluding hydrogens is 349 g/mol. The third-order valence-electron chi connectivity index (χ3n) is 4.15. The topological polar surface area (TPSA) is 56.6 Å². The van der Waals surface area contributed by atoms with Crippen LogP contribution in [0.2, 0.25) is 0 Å². The van der Waals surface area contributed by atoms with E-state index in [1.165, 1.54) is 16.8 Å². The summed E-state index contributed by atoms with van der Waals surface area (Å²) < 4.78 is 25.2. The maximum absolute atomic E-state index is 13.0. The Hall–Kier alpha value is -3.35. The van der Waals surface area contributed by atoms with Gasteiger partial charge in [-0.25, -0.2) is 9.07 Å². The summed E-state index contributed by atoms with van der Waals surface area (Å²) in [5.41, 5.74) is 1.83. The lowest BCUT2D eigenvalue weighted by Crippen LogP contribution is -2.27. The van der Waals surface area contributed by atoms with Crippen LogP contribution >= 0.6 is 0 Å². The van der Waals surface area contributed by atoms with E-state index in [1.54, 1.807) is 56.6 Å². The number of aromatic nitrogens is 2. The average molecular weight is 369 g/mol. The summed E-state index contributed by atoms with van der Waals surface area (Å²) in [5.74, 6) is 0.776. The molecule has 3 rings (SSSR count). The lowest BCUT2D eigenvalue weighted by atomic mass is 10.1. The molecule has 0 radical (unpaired) electrons. The van der Waals surface area contributed by atoms with E-state index >= 15 is 0 Å². The first-order chi connectivity index (χ1) is 13.0. The molecule has 0 saturated carbocycles. The number of carbonyl (C=O) groups is 1. The molecule has 1 heterocycles. The lowest BCUT2D eigenvalue weighted by Gasteiger charge is -2.18. The predicted octanol–water partition coefficient (Wildman–Crippen LogP) is 3.30. The zero-order chi connectivity index (χ0) is 19.4. The molecule has 3 aromatic rings. The molecule has 1 amide bonds. The maximum Gasteiger partial charge on any atom is 0.274 e. The maximum atomic E-state index is 13.0. The summed E-state index contributed by atoms with van der Waals surface area (Å²) in [4.78, 5) is 14.3. The highest BCUT2D eigenvalue weighted by Crippen LogP contribution is 2.25. The van der Waals surface area contributed by atoms with Crippen molar-refractivity contribution >= 4 is 5.91 Å². The van der Waals surface area contributed by atoms with Gasteiger partial charge in [0.25, 0.3) is 5.91 Å². The molecule has 0 unspecified atom stereocenters. The van der Waals surface area contributed by atoms with Crippen molar-refractivity contribution in [3.05, 3.63) is 71.8 Å². The molecule has 0 fully saturated rings. The molecule has 0 N–H and O–H groups in total. The van der Waals surface area contributed by atoms with Crippen molar-refractivity contribution in [2.24, 2.45) is 0 Å². The summed E-state index contributed by atoms with van der Waals surface area (Å²) in [6, 6.07) is 13.0. The summed E-state index contributed by atoms with van der Waals surface area (Å²) >= 11 is 0. The molecule has 1 aromatic heterocycles. The van der Waals surface area contributed by atoms with Gasteiger partial charge >= 0.3 is 0 Å². The van der Waals surface area contributed by atoms with Crippen molar-refractivity contribution in [2.75, 3.05) is 21.3 Å². The van der Waals surface area contributed by atoms with Crippen LogP contribution in [0.4, 0.5) is 4.39 Å². The molecule has 0 aliphatic heterocycles. The first kappa shape index (κ1) is 18.4. The number of amides is 1. The van der Waals surface area contributed by atoms with Gasteiger partial charge in [-0.3, -0.25) is 4.79 Å². The molecule has 0 aliphatic carbocycles. The summed E-state index contributed by atoms with van der Waals surface area (Å²) in [6.07, 6.45) is 1.67. The Kier molecular flexibility index (Phi) is 5.40. The predicted molar refractivity (Wildman–Crippen MR) is 98.9 cm³/mol. The standard InChI is InChI=1S/C20H20FN3O3/c1-23(13-14-4-9-17(26-2)12-19(14)27-3)20(25)18-10-11-24(22-18)16-7-5-15(21)6-8-16/h4-12H,13H2,1-3H3. The molecule has 6 nitrogen and oxygen atoms in total. The molecule has 140 valence electrons. The van der Waals surface area contributed by atoms with Crippen LogP contribution in [0.5, 0.6) is 11.5 Å². The van der Waals surface area contributed by atoms with Gasteiger partial charge in [0.05, 0.1) is 19.9 Å². The van der Waals surface area contributed by atoms with Crippen LogP contribution in [0.3, 0.4) is 0 Å². The van der Waals surface area contributed by atoms with Crippen LogP contribution in [0.25, 0.3) is 5.69 Å². The van der Waals surface area contributed by atoms with Crippen LogP contribution in [0.1, 0.15) is 16.1 Å². The highest BCUT2D eigenvalue weighted by molar-refractivity contribution is 5.92. The SMILES string of the molecule is COc1ccc(CN(C)C(=O)c2ccn(-c3ccc(F)cc3)n2)c(OC)c1. The van der Waals surface area contributed by atoms with Crippen molar-refractivity contribution in [1.29, 1.82) is 0 Å². The second-order valence-electron chi connectivity index (χ2n) is 5.96. The van der Waals surface area contributed by atoms with Crippen molar-refractivity contribution < 1.29 is 18.7 Å². The normalized spacial score (nSPS) is 10.5. The lowest BCUT2D eigenvalue weighted by molar-refractivity contribution is 0.0778. The molecule has 0 bridgehead atoms. The third kappa shape index (κ3) is 4.08. The van der Waals surface area contributed by atoms with Crippen LogP contribution in [0.15, 0.2) is 54.7 Å². The van der Waals surface area contributed by atoms with E-state index in [1.807, 2.05) is 12.1 Å². The first-order valence-electron chi connectivity index (χ1n) is 8.30. The van der Waals surface area contributed by atoms with E-state index in [9.17, 15) is 9.18 Å². The Balaban J connectivity index is 1.75. The Labute approximate surface area is 156 Å². The number of methoxy groups -OCH3 is 2. The number of benzene rings is 2. The molecule has 7 heteroatoms. The van der Waals surface area contributed by atoms with Crippen molar-refractivity contribution in [2.45, 2.75) is 6.54 Å². The minimum atomic E-state index is -0.324. The number of ether oxygens (including phenoxy) is 2. The van der Waals surface area contributed by atoms with Gasteiger partial charge < -0.3 is 14.4 Å². The second kappa shape index (κ2) is 7.90. The van der Waals surface area contributed by atoms with Crippen molar-refractivity contribution in [3.8, 4) is 17.2 Å². The minimum absolute atomic E-state index is 0.228. The Morgan fingerprint density at radius 2 is 1.85 bits per heavy atom. The summed E-state index contributed by atoms with van der Waals surface area (Å²) in [7, 11) is 4.86. The fourth-order valence-corrected chi connectivity index (χ4v) is 2.68. The average Bonchev–Trinajstić information content (AvgIpc) is 3.18. The zero-order valence-corrected chi connectivity index (χ0v) is 15.3. The molecule has 0 spiro atoms. The Morgan fingerprint density at radius 3 is 2.52 bits per heavy atom. The first-order valence-corrected chi connectivity index (χ1v) is 8.30. The van der Waals surface area contributed by atoms with E-state index < -0.39 is 0 Å². The fraction of sp³-hybridized carbons (Fsp3) is 0.200. The van der Waals surface area contributed by atoms with E-state index in [-0.39, 0.29) is 11.7 Å². The van der Waals surface area contributed by atoms with E-state index in [4.69, 9.17) is 9.47 Å². The summed E-state index contributed by atoms with van der Waals surface area (Å²) in [5, 5.41) is 4.29. The van der Waals surface area contributed by atoms with Gasteiger partial charge in [-0.1, -0.05) is 0 Å². The highest BCUT2D eigenvalue weighted by atomic mass is 19.1. The smallest absolute Gasteiger partial charge is 0.274 e. The van der Waals surface area contributed by atoms with E-state index in [0.717, 1.165) is 5.56 Å². The largest absolute Gasteiger partial charge is 0.497 e. The van der Waals surface area contributed by atoms with Gasteiger partial charge in [0.2, 0.25) is 0 Å². The Morgan fingerprint density at radius 1 is 1.11 bits per heavy atom. The third-order valence-corrected chi connectivity index (χ3v) is 4.15. The summed E-state index contributed by atoms with van der Waals surface area (Å²) in [6.45, 7) is 0.357. The van der Waals surface area contributed by atoms with Crippen molar-refractivity contribution in [3.63, 3.8) is 0 Å². The minimum Gasteiger partial charge on any atom is -0.497 e. The van der Waals surface area contributed by atoms with Gasteiger partial charge in [-0.15, -0.1) is 0 Å². The van der Waals surface area contributed by atoms with Crippen LogP contribution < -0.4 is 9.47 Å². The fourth-order valence-electron chi connectivity index (χ4n) is 2.68. The van der Waals surface area contributed by atoms with Crippen LogP contribution in [-0.2, 0) is 6.54 Å². The number of hydrogen-bond acceptors (Lipinski definition) is 4. The quantitative estimate of drug-likeness (QED) is 0.669.